The zero-order chi connectivity index (χ0) is 18.6. The van der Waals surface area contributed by atoms with E-state index in [-0.39, 0.29) is 11.3 Å². The molecule has 4 heterocycles. The Labute approximate surface area is 160 Å². The van der Waals surface area contributed by atoms with Gasteiger partial charge in [0.05, 0.1) is 12.2 Å². The van der Waals surface area contributed by atoms with E-state index in [0.717, 1.165) is 32.4 Å². The molecule has 5 rings (SSSR count). The predicted octanol–water partition coefficient (Wildman–Crippen LogP) is 3.62. The summed E-state index contributed by atoms with van der Waals surface area (Å²) < 4.78 is 0. The minimum atomic E-state index is -0.422. The molecule has 3 aliphatic rings. The lowest BCUT2D eigenvalue weighted by atomic mass is 9.66. The highest BCUT2D eigenvalue weighted by atomic mass is 16.2. The number of benzene rings is 1. The molecule has 0 radical (unpaired) electrons. The highest BCUT2D eigenvalue weighted by molar-refractivity contribution is 5.88. The van der Waals surface area contributed by atoms with E-state index in [0.29, 0.717) is 13.0 Å². The molecule has 1 N–H and O–H groups in total. The van der Waals surface area contributed by atoms with Crippen LogP contribution in [0.2, 0.25) is 0 Å². The van der Waals surface area contributed by atoms with Crippen molar-refractivity contribution in [2.75, 3.05) is 19.6 Å². The fraction of sp³-hybridized carbons (Fsp3) is 0.522. The first kappa shape index (κ1) is 16.9. The van der Waals surface area contributed by atoms with Crippen molar-refractivity contribution in [3.63, 3.8) is 0 Å². The first-order valence-electron chi connectivity index (χ1n) is 10.3. The van der Waals surface area contributed by atoms with E-state index in [2.05, 4.69) is 47.0 Å². The number of aromatic nitrogens is 1. The minimum Gasteiger partial charge on any atom is -0.355 e. The Kier molecular flexibility index (Phi) is 3.67. The van der Waals surface area contributed by atoms with Gasteiger partial charge in [-0.1, -0.05) is 37.5 Å². The van der Waals surface area contributed by atoms with Crippen LogP contribution in [0.15, 0.2) is 24.3 Å². The number of likely N-dealkylation sites (tertiary alicyclic amines) is 1. The summed E-state index contributed by atoms with van der Waals surface area (Å²) in [6.45, 7) is 4.66. The smallest absolute Gasteiger partial charge is 0.225 e. The van der Waals surface area contributed by atoms with Crippen molar-refractivity contribution in [2.45, 2.75) is 51.1 Å². The van der Waals surface area contributed by atoms with E-state index in [4.69, 9.17) is 6.42 Å². The normalized spacial score (nSPS) is 30.5. The molecule has 4 heteroatoms. The molecule has 0 aliphatic carbocycles. The van der Waals surface area contributed by atoms with Crippen LogP contribution in [-0.4, -0.2) is 40.3 Å². The number of hydrogen-bond donors (Lipinski definition) is 1. The summed E-state index contributed by atoms with van der Waals surface area (Å²) in [5, 5.41) is 1.30. The number of terminal acetylenes is 1. The van der Waals surface area contributed by atoms with Crippen LogP contribution in [0.4, 0.5) is 0 Å². The summed E-state index contributed by atoms with van der Waals surface area (Å²) in [5.74, 6) is 3.01. The maximum atomic E-state index is 13.3. The van der Waals surface area contributed by atoms with Gasteiger partial charge in [-0.3, -0.25) is 9.69 Å². The number of H-pyrrole nitrogens is 1. The largest absolute Gasteiger partial charge is 0.355 e. The zero-order valence-electron chi connectivity index (χ0n) is 16.1. The number of para-hydroxylation sites is 1. The first-order valence-corrected chi connectivity index (χ1v) is 10.3. The number of hydrogen-bond acceptors (Lipinski definition) is 2. The van der Waals surface area contributed by atoms with Crippen molar-refractivity contribution in [3.05, 3.63) is 35.5 Å². The van der Waals surface area contributed by atoms with Gasteiger partial charge >= 0.3 is 0 Å². The SMILES string of the molecule is C#CCN1C(=O)C[C@]2(CC)CCCCN3CCc4c([nH]c5ccccc45)[C@@]312. The average molecular weight is 361 g/mol. The number of rotatable bonds is 2. The van der Waals surface area contributed by atoms with Crippen molar-refractivity contribution < 1.29 is 4.79 Å². The van der Waals surface area contributed by atoms with Crippen molar-refractivity contribution in [2.24, 2.45) is 5.41 Å². The van der Waals surface area contributed by atoms with Crippen molar-refractivity contribution >= 4 is 16.8 Å². The number of carbonyl (C=O) groups excluding carboxylic acids is 1. The summed E-state index contributed by atoms with van der Waals surface area (Å²) >= 11 is 0. The van der Waals surface area contributed by atoms with E-state index in [1.54, 1.807) is 0 Å². The van der Waals surface area contributed by atoms with Gasteiger partial charge < -0.3 is 9.88 Å². The standard InChI is InChI=1S/C23H27N3O/c1-3-13-26-20(27)16-22(4-2)12-7-8-14-25-15-11-18-17-9-5-6-10-19(17)24-21(18)23(22,25)26/h1,5-6,9-10,24H,4,7-8,11-16H2,2H3/t22-,23+/m0/s1. The lowest BCUT2D eigenvalue weighted by molar-refractivity contribution is -0.146. The molecule has 2 atom stereocenters. The van der Waals surface area contributed by atoms with Crippen LogP contribution in [0.3, 0.4) is 0 Å². The Morgan fingerprint density at radius 1 is 1.26 bits per heavy atom. The molecule has 2 fully saturated rings. The number of amides is 1. The molecule has 0 unspecified atom stereocenters. The Bertz CT molecular complexity index is 954. The molecule has 0 bridgehead atoms. The molecular formula is C23H27N3O. The fourth-order valence-corrected chi connectivity index (χ4v) is 6.35. The third kappa shape index (κ3) is 1.96. The lowest BCUT2D eigenvalue weighted by Gasteiger charge is -2.56. The molecule has 2 saturated heterocycles. The van der Waals surface area contributed by atoms with Crippen LogP contribution in [0.25, 0.3) is 10.9 Å². The van der Waals surface area contributed by atoms with Gasteiger partial charge in [0.15, 0.2) is 0 Å². The summed E-state index contributed by atoms with van der Waals surface area (Å²) in [6, 6.07) is 8.56. The monoisotopic (exact) mass is 361 g/mol. The first-order chi connectivity index (χ1) is 13.2. The zero-order valence-corrected chi connectivity index (χ0v) is 16.1. The molecular weight excluding hydrogens is 334 g/mol. The second-order valence-electron chi connectivity index (χ2n) is 8.39. The molecule has 0 saturated carbocycles. The third-order valence-corrected chi connectivity index (χ3v) is 7.43. The molecule has 3 aliphatic heterocycles. The summed E-state index contributed by atoms with van der Waals surface area (Å²) in [6.07, 6.45) is 11.8. The molecule has 2 aromatic rings. The van der Waals surface area contributed by atoms with Crippen molar-refractivity contribution in [1.29, 1.82) is 0 Å². The Balaban J connectivity index is 1.87. The second-order valence-corrected chi connectivity index (χ2v) is 8.39. The second kappa shape index (κ2) is 5.87. The van der Waals surface area contributed by atoms with Crippen LogP contribution in [-0.2, 0) is 16.9 Å². The Hall–Kier alpha value is -2.25. The highest BCUT2D eigenvalue weighted by Gasteiger charge is 2.67. The van der Waals surface area contributed by atoms with Crippen LogP contribution in [0.5, 0.6) is 0 Å². The van der Waals surface area contributed by atoms with E-state index < -0.39 is 5.66 Å². The number of fused-ring (bicyclic) bond motifs is 3. The van der Waals surface area contributed by atoms with Gasteiger partial charge in [0.2, 0.25) is 5.91 Å². The summed E-state index contributed by atoms with van der Waals surface area (Å²) in [5.41, 5.74) is 3.30. The van der Waals surface area contributed by atoms with Gasteiger partial charge in [-0.25, -0.2) is 0 Å². The van der Waals surface area contributed by atoms with Gasteiger partial charge in [-0.05, 0) is 37.3 Å². The molecule has 27 heavy (non-hydrogen) atoms. The average Bonchev–Trinajstić information content (AvgIpc) is 3.11. The molecule has 1 amide bonds. The van der Waals surface area contributed by atoms with Crippen molar-refractivity contribution in [3.8, 4) is 12.3 Å². The number of nitrogens with zero attached hydrogens (tertiary/aromatic N) is 2. The maximum absolute atomic E-state index is 13.3. The van der Waals surface area contributed by atoms with Gasteiger partial charge in [0.1, 0.15) is 5.66 Å². The van der Waals surface area contributed by atoms with Gasteiger partial charge in [0.25, 0.3) is 0 Å². The van der Waals surface area contributed by atoms with E-state index in [1.165, 1.54) is 35.0 Å². The van der Waals surface area contributed by atoms with Crippen LogP contribution >= 0.6 is 0 Å². The number of nitrogens with one attached hydrogen (secondary N) is 1. The van der Waals surface area contributed by atoms with E-state index in [9.17, 15) is 4.79 Å². The van der Waals surface area contributed by atoms with E-state index >= 15 is 0 Å². The van der Waals surface area contributed by atoms with Crippen LogP contribution < -0.4 is 0 Å². The molecule has 1 spiro atoms. The topological polar surface area (TPSA) is 39.3 Å². The molecule has 140 valence electrons. The fourth-order valence-electron chi connectivity index (χ4n) is 6.35. The summed E-state index contributed by atoms with van der Waals surface area (Å²) in [4.78, 5) is 21.7. The van der Waals surface area contributed by atoms with E-state index in [1.807, 2.05) is 4.90 Å². The Morgan fingerprint density at radius 2 is 2.11 bits per heavy atom. The quantitative estimate of drug-likeness (QED) is 0.830. The van der Waals surface area contributed by atoms with Gasteiger partial charge in [-0.15, -0.1) is 6.42 Å². The summed E-state index contributed by atoms with van der Waals surface area (Å²) in [7, 11) is 0. The minimum absolute atomic E-state index is 0.0759. The lowest BCUT2D eigenvalue weighted by Crippen LogP contribution is -2.64. The van der Waals surface area contributed by atoms with Gasteiger partial charge in [-0.2, -0.15) is 0 Å². The van der Waals surface area contributed by atoms with Crippen molar-refractivity contribution in [1.82, 2.24) is 14.8 Å². The predicted molar refractivity (Wildman–Crippen MR) is 107 cm³/mol. The van der Waals surface area contributed by atoms with Gasteiger partial charge in [0, 0.05) is 35.8 Å². The number of aromatic amines is 1. The highest BCUT2D eigenvalue weighted by Crippen LogP contribution is 2.62. The maximum Gasteiger partial charge on any atom is 0.225 e. The van der Waals surface area contributed by atoms with Crippen LogP contribution in [0, 0.1) is 17.8 Å². The third-order valence-electron chi connectivity index (χ3n) is 7.43. The van der Waals surface area contributed by atoms with Crippen LogP contribution in [0.1, 0.15) is 50.3 Å². The molecule has 1 aromatic heterocycles. The number of carbonyl (C=O) groups is 1. The molecule has 4 nitrogen and oxygen atoms in total. The molecule has 1 aromatic carbocycles. The Morgan fingerprint density at radius 3 is 2.93 bits per heavy atom.